The summed E-state index contributed by atoms with van der Waals surface area (Å²) in [5.74, 6) is -0.179. The molecule has 0 unspecified atom stereocenters. The van der Waals surface area contributed by atoms with Crippen molar-refractivity contribution in [3.63, 3.8) is 0 Å². The van der Waals surface area contributed by atoms with Crippen LogP contribution >= 0.6 is 46.1 Å². The summed E-state index contributed by atoms with van der Waals surface area (Å²) >= 11 is 19.0. The van der Waals surface area contributed by atoms with Crippen molar-refractivity contribution in [2.24, 2.45) is 0 Å². The SMILES string of the molecule is O=C(c1cccs1)c1c(Cl)cc(Cl)cc1Cl. The second kappa shape index (κ2) is 4.76. The van der Waals surface area contributed by atoms with Crippen LogP contribution in [0.1, 0.15) is 15.2 Å². The van der Waals surface area contributed by atoms with Gasteiger partial charge in [0.2, 0.25) is 5.78 Å². The Hall–Kier alpha value is -0.540. The van der Waals surface area contributed by atoms with E-state index in [1.807, 2.05) is 5.38 Å². The summed E-state index contributed by atoms with van der Waals surface area (Å²) in [6.07, 6.45) is 0. The van der Waals surface area contributed by atoms with Crippen LogP contribution in [0.3, 0.4) is 0 Å². The number of halogens is 3. The molecule has 0 aliphatic carbocycles. The monoisotopic (exact) mass is 290 g/mol. The van der Waals surface area contributed by atoms with E-state index < -0.39 is 0 Å². The predicted molar refractivity (Wildman–Crippen MR) is 69.2 cm³/mol. The molecule has 0 spiro atoms. The van der Waals surface area contributed by atoms with Gasteiger partial charge in [0.15, 0.2) is 0 Å². The van der Waals surface area contributed by atoms with Gasteiger partial charge in [-0.3, -0.25) is 4.79 Å². The van der Waals surface area contributed by atoms with Gasteiger partial charge in [-0.15, -0.1) is 11.3 Å². The van der Waals surface area contributed by atoms with Crippen LogP contribution in [0.2, 0.25) is 15.1 Å². The molecule has 0 aliphatic heterocycles. The van der Waals surface area contributed by atoms with Gasteiger partial charge in [0.1, 0.15) is 0 Å². The van der Waals surface area contributed by atoms with E-state index >= 15 is 0 Å². The molecule has 0 saturated carbocycles. The van der Waals surface area contributed by atoms with Crippen LogP contribution < -0.4 is 0 Å². The Labute approximate surface area is 112 Å². The fourth-order valence-electron chi connectivity index (χ4n) is 1.29. The minimum Gasteiger partial charge on any atom is -0.288 e. The first-order valence-corrected chi connectivity index (χ1v) is 6.33. The van der Waals surface area contributed by atoms with Gasteiger partial charge in [-0.05, 0) is 23.6 Å². The van der Waals surface area contributed by atoms with Crippen LogP contribution in [-0.2, 0) is 0 Å². The van der Waals surface area contributed by atoms with E-state index in [1.165, 1.54) is 23.5 Å². The zero-order valence-electron chi connectivity index (χ0n) is 7.84. The number of carbonyl (C=O) groups is 1. The summed E-state index contributed by atoms with van der Waals surface area (Å²) < 4.78 is 0. The largest absolute Gasteiger partial charge is 0.288 e. The Morgan fingerprint density at radius 2 is 1.75 bits per heavy atom. The molecule has 0 saturated heterocycles. The highest BCUT2D eigenvalue weighted by atomic mass is 35.5. The van der Waals surface area contributed by atoms with Gasteiger partial charge in [0.05, 0.1) is 20.5 Å². The van der Waals surface area contributed by atoms with Gasteiger partial charge in [-0.1, -0.05) is 40.9 Å². The highest BCUT2D eigenvalue weighted by Crippen LogP contribution is 2.31. The molecule has 0 fully saturated rings. The molecule has 5 heteroatoms. The van der Waals surface area contributed by atoms with Gasteiger partial charge in [-0.2, -0.15) is 0 Å². The van der Waals surface area contributed by atoms with Crippen LogP contribution in [0.4, 0.5) is 0 Å². The Morgan fingerprint density at radius 1 is 1.12 bits per heavy atom. The molecule has 82 valence electrons. The predicted octanol–water partition coefficient (Wildman–Crippen LogP) is 4.94. The Balaban J connectivity index is 2.53. The van der Waals surface area contributed by atoms with Crippen molar-refractivity contribution in [2.75, 3.05) is 0 Å². The molecule has 1 aromatic heterocycles. The summed E-state index contributed by atoms with van der Waals surface area (Å²) in [7, 11) is 0. The number of thiophene rings is 1. The molecule has 2 rings (SSSR count). The molecule has 0 aliphatic rings. The van der Waals surface area contributed by atoms with Crippen LogP contribution in [0.25, 0.3) is 0 Å². The average molecular weight is 292 g/mol. The zero-order valence-corrected chi connectivity index (χ0v) is 10.9. The Morgan fingerprint density at radius 3 is 2.25 bits per heavy atom. The molecule has 1 heterocycles. The third-order valence-electron chi connectivity index (χ3n) is 1.98. The minimum atomic E-state index is -0.179. The fourth-order valence-corrected chi connectivity index (χ4v) is 2.95. The number of benzene rings is 1. The second-order valence-corrected chi connectivity index (χ2v) is 5.25. The highest BCUT2D eigenvalue weighted by molar-refractivity contribution is 7.12. The maximum Gasteiger partial charge on any atom is 0.205 e. The third kappa shape index (κ3) is 2.25. The van der Waals surface area contributed by atoms with Gasteiger partial charge < -0.3 is 0 Å². The first kappa shape index (κ1) is 11.9. The van der Waals surface area contributed by atoms with Crippen molar-refractivity contribution in [2.45, 2.75) is 0 Å². The molecular formula is C11H5Cl3OS. The fraction of sp³-hybridized carbons (Fsp3) is 0. The van der Waals surface area contributed by atoms with E-state index in [0.717, 1.165) is 0 Å². The van der Waals surface area contributed by atoms with Crippen molar-refractivity contribution in [3.8, 4) is 0 Å². The minimum absolute atomic E-state index is 0.179. The van der Waals surface area contributed by atoms with Gasteiger partial charge in [0.25, 0.3) is 0 Å². The first-order valence-electron chi connectivity index (χ1n) is 4.32. The topological polar surface area (TPSA) is 17.1 Å². The van der Waals surface area contributed by atoms with Crippen LogP contribution in [0.5, 0.6) is 0 Å². The normalized spacial score (nSPS) is 10.4. The molecule has 0 N–H and O–H groups in total. The van der Waals surface area contributed by atoms with Crippen LogP contribution in [-0.4, -0.2) is 5.78 Å². The molecule has 2 aromatic rings. The van der Waals surface area contributed by atoms with Crippen molar-refractivity contribution >= 4 is 51.9 Å². The summed E-state index contributed by atoms with van der Waals surface area (Å²) in [5, 5.41) is 2.79. The summed E-state index contributed by atoms with van der Waals surface area (Å²) in [4.78, 5) is 12.7. The number of carbonyl (C=O) groups excluding carboxylic acids is 1. The first-order chi connectivity index (χ1) is 7.59. The van der Waals surface area contributed by atoms with Crippen molar-refractivity contribution in [1.82, 2.24) is 0 Å². The molecular weight excluding hydrogens is 287 g/mol. The Kier molecular flexibility index (Phi) is 3.55. The second-order valence-electron chi connectivity index (χ2n) is 3.05. The van der Waals surface area contributed by atoms with E-state index in [1.54, 1.807) is 12.1 Å². The lowest BCUT2D eigenvalue weighted by Gasteiger charge is -2.05. The van der Waals surface area contributed by atoms with E-state index in [-0.39, 0.29) is 15.8 Å². The lowest BCUT2D eigenvalue weighted by atomic mass is 10.1. The maximum atomic E-state index is 12.1. The van der Waals surface area contributed by atoms with Gasteiger partial charge >= 0.3 is 0 Å². The molecule has 1 nitrogen and oxygen atoms in total. The number of rotatable bonds is 2. The van der Waals surface area contributed by atoms with Crippen molar-refractivity contribution in [3.05, 3.63) is 55.2 Å². The summed E-state index contributed by atoms with van der Waals surface area (Å²) in [5.41, 5.74) is 0.301. The lowest BCUT2D eigenvalue weighted by molar-refractivity contribution is 0.104. The van der Waals surface area contributed by atoms with Crippen LogP contribution in [0, 0.1) is 0 Å². The molecule has 0 atom stereocenters. The van der Waals surface area contributed by atoms with E-state index in [9.17, 15) is 4.79 Å². The molecule has 16 heavy (non-hydrogen) atoms. The van der Waals surface area contributed by atoms with E-state index in [2.05, 4.69) is 0 Å². The van der Waals surface area contributed by atoms with E-state index in [0.29, 0.717) is 15.5 Å². The lowest BCUT2D eigenvalue weighted by Crippen LogP contribution is -2.00. The van der Waals surface area contributed by atoms with Gasteiger partial charge in [-0.25, -0.2) is 0 Å². The van der Waals surface area contributed by atoms with Crippen LogP contribution in [0.15, 0.2) is 29.6 Å². The zero-order chi connectivity index (χ0) is 11.7. The smallest absolute Gasteiger partial charge is 0.205 e. The molecule has 1 aromatic carbocycles. The number of hydrogen-bond donors (Lipinski definition) is 0. The standard InChI is InChI=1S/C11H5Cl3OS/c12-6-4-7(13)10(8(14)5-6)11(15)9-2-1-3-16-9/h1-5H. The van der Waals surface area contributed by atoms with E-state index in [4.69, 9.17) is 34.8 Å². The summed E-state index contributed by atoms with van der Waals surface area (Å²) in [6, 6.07) is 6.55. The maximum absolute atomic E-state index is 12.1. The molecule has 0 radical (unpaired) electrons. The van der Waals surface area contributed by atoms with Crippen molar-refractivity contribution in [1.29, 1.82) is 0 Å². The number of ketones is 1. The van der Waals surface area contributed by atoms with Crippen molar-refractivity contribution < 1.29 is 4.79 Å². The Bertz CT molecular complexity index is 511. The molecule has 0 amide bonds. The summed E-state index contributed by atoms with van der Waals surface area (Å²) in [6.45, 7) is 0. The van der Waals surface area contributed by atoms with Gasteiger partial charge in [0, 0.05) is 5.02 Å². The quantitative estimate of drug-likeness (QED) is 0.716. The number of hydrogen-bond acceptors (Lipinski definition) is 2. The third-order valence-corrected chi connectivity index (χ3v) is 3.66. The highest BCUT2D eigenvalue weighted by Gasteiger charge is 2.18. The molecule has 0 bridgehead atoms. The average Bonchev–Trinajstić information content (AvgIpc) is 2.67.